The highest BCUT2D eigenvalue weighted by atomic mass is 79.9. The zero-order chi connectivity index (χ0) is 16.8. The zero-order valence-electron chi connectivity index (χ0n) is 12.2. The van der Waals surface area contributed by atoms with Crippen molar-refractivity contribution in [2.45, 2.75) is 6.10 Å². The van der Waals surface area contributed by atoms with Gasteiger partial charge in [0.05, 0.1) is 5.02 Å². The molecule has 0 aliphatic heterocycles. The predicted molar refractivity (Wildman–Crippen MR) is 91.6 cm³/mol. The van der Waals surface area contributed by atoms with E-state index >= 15 is 0 Å². The van der Waals surface area contributed by atoms with E-state index in [9.17, 15) is 9.59 Å². The molecule has 2 aromatic carbocycles. The molecule has 2 aromatic rings. The first-order chi connectivity index (χ1) is 11.0. The highest BCUT2D eigenvalue weighted by Crippen LogP contribution is 2.31. The van der Waals surface area contributed by atoms with Gasteiger partial charge in [0.2, 0.25) is 6.10 Å². The molecule has 0 unspecified atom stereocenters. The fourth-order valence-electron chi connectivity index (χ4n) is 1.84. The number of carbonyl (C=O) groups excluding carboxylic acids is 2. The molecule has 0 bridgehead atoms. The van der Waals surface area contributed by atoms with Crippen molar-refractivity contribution in [3.05, 3.63) is 63.6 Å². The summed E-state index contributed by atoms with van der Waals surface area (Å²) in [6.45, 7) is 0. The Morgan fingerprint density at radius 1 is 1.17 bits per heavy atom. The molecule has 0 aliphatic rings. The second-order valence-electron chi connectivity index (χ2n) is 4.55. The van der Waals surface area contributed by atoms with Gasteiger partial charge in [0.25, 0.3) is 5.91 Å². The maximum atomic E-state index is 12.3. The van der Waals surface area contributed by atoms with Crippen molar-refractivity contribution in [1.82, 2.24) is 10.6 Å². The number of halogens is 2. The van der Waals surface area contributed by atoms with E-state index < -0.39 is 18.0 Å². The summed E-state index contributed by atoms with van der Waals surface area (Å²) in [6, 6.07) is 13.3. The molecule has 2 N–H and O–H groups in total. The number of hydrogen-bond donors (Lipinski definition) is 2. The Morgan fingerprint density at radius 3 is 2.48 bits per heavy atom. The van der Waals surface area contributed by atoms with Crippen molar-refractivity contribution in [3.63, 3.8) is 0 Å². The molecule has 7 heteroatoms. The SMILES string of the molecule is CNC(=O)NC(=O)[C@@H](Oc1ccc(Br)cc1Cl)c1ccccc1. The molecule has 0 saturated heterocycles. The van der Waals surface area contributed by atoms with Crippen LogP contribution in [0.3, 0.4) is 0 Å². The number of hydrogen-bond acceptors (Lipinski definition) is 3. The minimum absolute atomic E-state index is 0.343. The van der Waals surface area contributed by atoms with Gasteiger partial charge in [-0.25, -0.2) is 4.79 Å². The Bertz CT molecular complexity index is 710. The molecule has 0 saturated carbocycles. The van der Waals surface area contributed by atoms with Crippen LogP contribution in [0.2, 0.25) is 5.02 Å². The monoisotopic (exact) mass is 396 g/mol. The zero-order valence-corrected chi connectivity index (χ0v) is 14.5. The van der Waals surface area contributed by atoms with Gasteiger partial charge < -0.3 is 10.1 Å². The largest absolute Gasteiger partial charge is 0.474 e. The first-order valence-corrected chi connectivity index (χ1v) is 7.87. The predicted octanol–water partition coefficient (Wildman–Crippen LogP) is 3.68. The van der Waals surface area contributed by atoms with Crippen LogP contribution in [0.25, 0.3) is 0 Å². The molecule has 3 amide bonds. The number of urea groups is 1. The van der Waals surface area contributed by atoms with Crippen LogP contribution >= 0.6 is 27.5 Å². The minimum Gasteiger partial charge on any atom is -0.474 e. The average Bonchev–Trinajstić information content (AvgIpc) is 2.54. The van der Waals surface area contributed by atoms with Crippen molar-refractivity contribution in [2.75, 3.05) is 7.05 Å². The van der Waals surface area contributed by atoms with Gasteiger partial charge in [-0.1, -0.05) is 57.9 Å². The number of ether oxygens (including phenoxy) is 1. The van der Waals surface area contributed by atoms with Gasteiger partial charge in [-0.15, -0.1) is 0 Å². The Balaban J connectivity index is 2.30. The van der Waals surface area contributed by atoms with Gasteiger partial charge in [-0.3, -0.25) is 10.1 Å². The maximum absolute atomic E-state index is 12.3. The maximum Gasteiger partial charge on any atom is 0.321 e. The van der Waals surface area contributed by atoms with E-state index in [1.165, 1.54) is 7.05 Å². The first-order valence-electron chi connectivity index (χ1n) is 6.70. The lowest BCUT2D eigenvalue weighted by Gasteiger charge is -2.19. The van der Waals surface area contributed by atoms with E-state index in [-0.39, 0.29) is 0 Å². The van der Waals surface area contributed by atoms with Crippen LogP contribution in [-0.4, -0.2) is 19.0 Å². The Labute approximate surface area is 147 Å². The summed E-state index contributed by atoms with van der Waals surface area (Å²) in [5.74, 6) is -0.245. The third-order valence-electron chi connectivity index (χ3n) is 2.94. The lowest BCUT2D eigenvalue weighted by Crippen LogP contribution is -2.41. The number of rotatable bonds is 4. The van der Waals surface area contributed by atoms with Crippen LogP contribution in [-0.2, 0) is 4.79 Å². The van der Waals surface area contributed by atoms with Crippen LogP contribution in [0, 0.1) is 0 Å². The second kappa shape index (κ2) is 7.99. The minimum atomic E-state index is -1.01. The van der Waals surface area contributed by atoms with E-state index in [0.717, 1.165) is 4.47 Å². The molecule has 0 aromatic heterocycles. The molecular formula is C16H14BrClN2O3. The number of nitrogens with one attached hydrogen (secondary N) is 2. The third-order valence-corrected chi connectivity index (χ3v) is 3.73. The Kier molecular flexibility index (Phi) is 6.01. The molecule has 5 nitrogen and oxygen atoms in total. The number of carbonyl (C=O) groups is 2. The summed E-state index contributed by atoms with van der Waals surface area (Å²) in [5, 5.41) is 4.89. The van der Waals surface area contributed by atoms with Crippen LogP contribution in [0.15, 0.2) is 53.0 Å². The topological polar surface area (TPSA) is 67.4 Å². The Hall–Kier alpha value is -2.05. The highest BCUT2D eigenvalue weighted by molar-refractivity contribution is 9.10. The van der Waals surface area contributed by atoms with Gasteiger partial charge in [0, 0.05) is 17.1 Å². The quantitative estimate of drug-likeness (QED) is 0.827. The molecule has 0 spiro atoms. The van der Waals surface area contributed by atoms with Gasteiger partial charge in [-0.2, -0.15) is 0 Å². The summed E-state index contributed by atoms with van der Waals surface area (Å²) < 4.78 is 6.54. The fraction of sp³-hybridized carbons (Fsp3) is 0.125. The molecule has 0 aliphatic carbocycles. The lowest BCUT2D eigenvalue weighted by molar-refractivity contribution is -0.127. The number of imide groups is 1. The molecule has 120 valence electrons. The first kappa shape index (κ1) is 17.3. The van der Waals surface area contributed by atoms with E-state index in [1.807, 2.05) is 6.07 Å². The van der Waals surface area contributed by atoms with Crippen molar-refractivity contribution >= 4 is 39.5 Å². The van der Waals surface area contributed by atoms with Crippen LogP contribution < -0.4 is 15.4 Å². The summed E-state index contributed by atoms with van der Waals surface area (Å²) in [7, 11) is 1.42. The van der Waals surface area contributed by atoms with Crippen molar-refractivity contribution < 1.29 is 14.3 Å². The van der Waals surface area contributed by atoms with Gasteiger partial charge >= 0.3 is 6.03 Å². The molecule has 0 fully saturated rings. The van der Waals surface area contributed by atoms with E-state index in [2.05, 4.69) is 26.6 Å². The van der Waals surface area contributed by atoms with E-state index in [0.29, 0.717) is 16.3 Å². The van der Waals surface area contributed by atoms with Crippen LogP contribution in [0.5, 0.6) is 5.75 Å². The van der Waals surface area contributed by atoms with Gasteiger partial charge in [-0.05, 0) is 18.2 Å². The Morgan fingerprint density at radius 2 is 1.87 bits per heavy atom. The van der Waals surface area contributed by atoms with Crippen LogP contribution in [0.1, 0.15) is 11.7 Å². The standard InChI is InChI=1S/C16H14BrClN2O3/c1-19-16(22)20-15(21)14(10-5-3-2-4-6-10)23-13-8-7-11(17)9-12(13)18/h2-9,14H,1H3,(H2,19,20,21,22)/t14-/m0/s1. The molecule has 1 atom stereocenters. The van der Waals surface area contributed by atoms with E-state index in [4.69, 9.17) is 16.3 Å². The average molecular weight is 398 g/mol. The summed E-state index contributed by atoms with van der Waals surface area (Å²) in [6.07, 6.45) is -1.01. The fourth-order valence-corrected chi connectivity index (χ4v) is 2.56. The second-order valence-corrected chi connectivity index (χ2v) is 5.87. The highest BCUT2D eigenvalue weighted by Gasteiger charge is 2.25. The van der Waals surface area contributed by atoms with E-state index in [1.54, 1.807) is 42.5 Å². The van der Waals surface area contributed by atoms with Crippen LogP contribution in [0.4, 0.5) is 4.79 Å². The molecule has 23 heavy (non-hydrogen) atoms. The smallest absolute Gasteiger partial charge is 0.321 e. The van der Waals surface area contributed by atoms with Crippen molar-refractivity contribution in [1.29, 1.82) is 0 Å². The van der Waals surface area contributed by atoms with Crippen molar-refractivity contribution in [2.24, 2.45) is 0 Å². The lowest BCUT2D eigenvalue weighted by atomic mass is 10.1. The molecule has 0 radical (unpaired) electrons. The normalized spacial score (nSPS) is 11.4. The van der Waals surface area contributed by atoms with Crippen molar-refractivity contribution in [3.8, 4) is 5.75 Å². The molecular weight excluding hydrogens is 384 g/mol. The third kappa shape index (κ3) is 4.71. The number of amides is 3. The number of benzene rings is 2. The molecule has 2 rings (SSSR count). The molecule has 0 heterocycles. The van der Waals surface area contributed by atoms with Gasteiger partial charge in [0.1, 0.15) is 5.75 Å². The van der Waals surface area contributed by atoms with Gasteiger partial charge in [0.15, 0.2) is 0 Å². The summed E-state index contributed by atoms with van der Waals surface area (Å²) in [5.41, 5.74) is 0.605. The summed E-state index contributed by atoms with van der Waals surface area (Å²) >= 11 is 9.44. The summed E-state index contributed by atoms with van der Waals surface area (Å²) in [4.78, 5) is 23.7.